The van der Waals surface area contributed by atoms with E-state index in [0.29, 0.717) is 11.8 Å². The van der Waals surface area contributed by atoms with Gasteiger partial charge in [-0.25, -0.2) is 0 Å². The average Bonchev–Trinajstić information content (AvgIpc) is 2.38. The molecule has 0 bridgehead atoms. The Morgan fingerprint density at radius 3 is 2.50 bits per heavy atom. The normalized spacial score (nSPS) is 11.3. The van der Waals surface area contributed by atoms with Gasteiger partial charge in [-0.1, -0.05) is 12.1 Å². The van der Waals surface area contributed by atoms with Crippen molar-refractivity contribution in [3.63, 3.8) is 0 Å². The second-order valence-electron chi connectivity index (χ2n) is 3.66. The summed E-state index contributed by atoms with van der Waals surface area (Å²) < 4.78 is 37.8. The molecule has 0 aliphatic heterocycles. The van der Waals surface area contributed by atoms with E-state index in [0.717, 1.165) is 18.2 Å². The summed E-state index contributed by atoms with van der Waals surface area (Å²) in [6.07, 6.45) is -0.971. The van der Waals surface area contributed by atoms with Gasteiger partial charge in [-0.05, 0) is 23.8 Å². The van der Waals surface area contributed by atoms with Crippen molar-refractivity contribution >= 4 is 6.29 Å². The third kappa shape index (κ3) is 2.40. The smallest absolute Gasteiger partial charge is 0.298 e. The van der Waals surface area contributed by atoms with Gasteiger partial charge >= 0.3 is 6.18 Å². The molecule has 0 saturated carbocycles. The Morgan fingerprint density at radius 1 is 1.17 bits per heavy atom. The lowest BCUT2D eigenvalue weighted by molar-refractivity contribution is -0.137. The largest absolute Gasteiger partial charge is 0.416 e. The highest BCUT2D eigenvalue weighted by atomic mass is 19.4. The maximum Gasteiger partial charge on any atom is 0.416 e. The summed E-state index contributed by atoms with van der Waals surface area (Å²) in [6, 6.07) is 6.22. The Labute approximate surface area is 101 Å². The highest BCUT2D eigenvalue weighted by Gasteiger charge is 2.31. The quantitative estimate of drug-likeness (QED) is 0.763. The summed E-state index contributed by atoms with van der Waals surface area (Å²) in [5.74, 6) is 0. The van der Waals surface area contributed by atoms with Crippen LogP contribution in [0.15, 0.2) is 42.7 Å². The number of carbonyl (C=O) groups is 1. The van der Waals surface area contributed by atoms with Crippen LogP contribution in [0.5, 0.6) is 0 Å². The molecule has 2 rings (SSSR count). The van der Waals surface area contributed by atoms with E-state index in [4.69, 9.17) is 0 Å². The highest BCUT2D eigenvalue weighted by Crippen LogP contribution is 2.33. The van der Waals surface area contributed by atoms with Crippen LogP contribution in [0.25, 0.3) is 11.1 Å². The van der Waals surface area contributed by atoms with Crippen molar-refractivity contribution in [2.24, 2.45) is 0 Å². The summed E-state index contributed by atoms with van der Waals surface area (Å²) >= 11 is 0. The van der Waals surface area contributed by atoms with Gasteiger partial charge in [0, 0.05) is 23.5 Å². The number of hydrogen-bond donors (Lipinski definition) is 0. The van der Waals surface area contributed by atoms with Crippen molar-refractivity contribution in [2.75, 3.05) is 0 Å². The second-order valence-corrected chi connectivity index (χ2v) is 3.66. The van der Waals surface area contributed by atoms with Crippen LogP contribution in [0.3, 0.4) is 0 Å². The van der Waals surface area contributed by atoms with Crippen molar-refractivity contribution in [2.45, 2.75) is 6.18 Å². The molecule has 0 fully saturated rings. The summed E-state index contributed by atoms with van der Waals surface area (Å²) in [5, 5.41) is 0. The predicted octanol–water partition coefficient (Wildman–Crippen LogP) is 3.58. The zero-order valence-electron chi connectivity index (χ0n) is 9.11. The van der Waals surface area contributed by atoms with E-state index in [1.54, 1.807) is 12.1 Å². The number of pyridine rings is 1. The van der Waals surface area contributed by atoms with Crippen LogP contribution in [0, 0.1) is 0 Å². The van der Waals surface area contributed by atoms with Gasteiger partial charge in [0.15, 0.2) is 6.29 Å². The molecule has 2 aromatic rings. The lowest BCUT2D eigenvalue weighted by atomic mass is 9.99. The molecule has 18 heavy (non-hydrogen) atoms. The minimum Gasteiger partial charge on any atom is -0.298 e. The third-order valence-corrected chi connectivity index (χ3v) is 2.48. The molecule has 1 heterocycles. The minimum absolute atomic E-state index is 0.205. The van der Waals surface area contributed by atoms with E-state index >= 15 is 0 Å². The highest BCUT2D eigenvalue weighted by molar-refractivity contribution is 5.87. The number of rotatable bonds is 2. The molecule has 0 aliphatic carbocycles. The Kier molecular flexibility index (Phi) is 3.14. The van der Waals surface area contributed by atoms with Gasteiger partial charge in [-0.15, -0.1) is 0 Å². The molecule has 92 valence electrons. The Morgan fingerprint density at radius 2 is 1.94 bits per heavy atom. The van der Waals surface area contributed by atoms with Gasteiger partial charge in [0.05, 0.1) is 5.56 Å². The van der Waals surface area contributed by atoms with Gasteiger partial charge in [0.25, 0.3) is 0 Å². The monoisotopic (exact) mass is 251 g/mol. The molecule has 5 heteroatoms. The van der Waals surface area contributed by atoms with Crippen LogP contribution < -0.4 is 0 Å². The number of carbonyl (C=O) groups excluding carboxylic acids is 1. The molecule has 0 radical (unpaired) electrons. The number of alkyl halides is 3. The van der Waals surface area contributed by atoms with Crippen molar-refractivity contribution in [1.29, 1.82) is 0 Å². The van der Waals surface area contributed by atoms with Gasteiger partial charge in [-0.2, -0.15) is 13.2 Å². The molecule has 0 spiro atoms. The summed E-state index contributed by atoms with van der Waals surface area (Å²) in [7, 11) is 0. The van der Waals surface area contributed by atoms with Crippen LogP contribution >= 0.6 is 0 Å². The van der Waals surface area contributed by atoms with Crippen molar-refractivity contribution in [1.82, 2.24) is 4.98 Å². The SMILES string of the molecule is O=Cc1ccc(C(F)(F)F)cc1-c1cccnc1. The Balaban J connectivity index is 2.61. The standard InChI is InChI=1S/C13H8F3NO/c14-13(15,16)11-4-3-10(8-18)12(6-11)9-2-1-5-17-7-9/h1-8H. The van der Waals surface area contributed by atoms with Gasteiger partial charge in [0.2, 0.25) is 0 Å². The Bertz CT molecular complexity index is 564. The fourth-order valence-electron chi connectivity index (χ4n) is 1.61. The molecule has 0 N–H and O–H groups in total. The molecular weight excluding hydrogens is 243 g/mol. The average molecular weight is 251 g/mol. The lowest BCUT2D eigenvalue weighted by Gasteiger charge is -2.10. The molecule has 2 nitrogen and oxygen atoms in total. The fourth-order valence-corrected chi connectivity index (χ4v) is 1.61. The van der Waals surface area contributed by atoms with Gasteiger partial charge < -0.3 is 0 Å². The van der Waals surface area contributed by atoms with Crippen LogP contribution in [0.2, 0.25) is 0 Å². The number of nitrogens with zero attached hydrogens (tertiary/aromatic N) is 1. The summed E-state index contributed by atoms with van der Waals surface area (Å²) in [5.41, 5.74) is 0.126. The van der Waals surface area contributed by atoms with Crippen LogP contribution in [-0.2, 0) is 6.18 Å². The number of benzene rings is 1. The maximum atomic E-state index is 12.6. The lowest BCUT2D eigenvalue weighted by Crippen LogP contribution is -2.05. The summed E-state index contributed by atoms with van der Waals surface area (Å²) in [4.78, 5) is 14.7. The molecule has 1 aromatic heterocycles. The zero-order valence-corrected chi connectivity index (χ0v) is 9.11. The van der Waals surface area contributed by atoms with Crippen molar-refractivity contribution < 1.29 is 18.0 Å². The topological polar surface area (TPSA) is 30.0 Å². The number of aromatic nitrogens is 1. The van der Waals surface area contributed by atoms with Crippen LogP contribution in [0.1, 0.15) is 15.9 Å². The minimum atomic E-state index is -4.43. The second kappa shape index (κ2) is 4.60. The van der Waals surface area contributed by atoms with Crippen molar-refractivity contribution in [3.05, 3.63) is 53.9 Å². The fraction of sp³-hybridized carbons (Fsp3) is 0.0769. The van der Waals surface area contributed by atoms with E-state index in [9.17, 15) is 18.0 Å². The van der Waals surface area contributed by atoms with Crippen LogP contribution in [0.4, 0.5) is 13.2 Å². The van der Waals surface area contributed by atoms with Crippen molar-refractivity contribution in [3.8, 4) is 11.1 Å². The number of halogens is 3. The molecular formula is C13H8F3NO. The first kappa shape index (κ1) is 12.3. The van der Waals surface area contributed by atoms with Gasteiger partial charge in [0.1, 0.15) is 0 Å². The van der Waals surface area contributed by atoms with Gasteiger partial charge in [-0.3, -0.25) is 9.78 Å². The van der Waals surface area contributed by atoms with E-state index in [1.165, 1.54) is 12.4 Å². The Hall–Kier alpha value is -2.17. The third-order valence-electron chi connectivity index (χ3n) is 2.48. The van der Waals surface area contributed by atoms with E-state index in [-0.39, 0.29) is 11.1 Å². The molecule has 0 unspecified atom stereocenters. The number of hydrogen-bond acceptors (Lipinski definition) is 2. The molecule has 1 aromatic carbocycles. The first-order chi connectivity index (χ1) is 8.52. The molecule has 0 saturated heterocycles. The molecule has 0 amide bonds. The predicted molar refractivity (Wildman–Crippen MR) is 60.1 cm³/mol. The van der Waals surface area contributed by atoms with E-state index in [2.05, 4.69) is 4.98 Å². The number of aldehydes is 1. The molecule has 0 atom stereocenters. The van der Waals surface area contributed by atoms with E-state index in [1.807, 2.05) is 0 Å². The first-order valence-corrected chi connectivity index (χ1v) is 5.09. The first-order valence-electron chi connectivity index (χ1n) is 5.09. The zero-order chi connectivity index (χ0) is 13.2. The maximum absolute atomic E-state index is 12.6. The summed E-state index contributed by atoms with van der Waals surface area (Å²) in [6.45, 7) is 0. The van der Waals surface area contributed by atoms with E-state index < -0.39 is 11.7 Å². The van der Waals surface area contributed by atoms with Crippen LogP contribution in [-0.4, -0.2) is 11.3 Å². The molecule has 0 aliphatic rings.